The van der Waals surface area contributed by atoms with E-state index in [0.29, 0.717) is 47.2 Å². The van der Waals surface area contributed by atoms with Crippen molar-refractivity contribution in [3.63, 3.8) is 0 Å². The summed E-state index contributed by atoms with van der Waals surface area (Å²) >= 11 is 0. The van der Waals surface area contributed by atoms with Gasteiger partial charge in [0, 0.05) is 48.1 Å². The standard InChI is InChI=1S/C32H26N8O3/c41-29-20-43-28-8-6-24-18-27(28)38(29)14-3-1-2-4-15-39-31(42)25-19-34-32(36-30(25)40(24)39)35-22-5-7-26-21(17-22)11-16-37(26)23-9-12-33-13-10-23/h2,4-13,16-19H,1,3,14-15,20H2,(H,34,35,36). The Labute approximate surface area is 245 Å². The van der Waals surface area contributed by atoms with E-state index in [2.05, 4.69) is 25.9 Å². The number of nitrogens with one attached hydrogen (secondary N) is 1. The van der Waals surface area contributed by atoms with Crippen molar-refractivity contribution in [2.45, 2.75) is 19.4 Å². The zero-order valence-corrected chi connectivity index (χ0v) is 23.1. The fourth-order valence-corrected chi connectivity index (χ4v) is 5.82. The lowest BCUT2D eigenvalue weighted by Crippen LogP contribution is -2.39. The lowest BCUT2D eigenvalue weighted by atomic mass is 10.1. The van der Waals surface area contributed by atoms with Gasteiger partial charge in [-0.15, -0.1) is 0 Å². The monoisotopic (exact) mass is 570 g/mol. The van der Waals surface area contributed by atoms with E-state index >= 15 is 0 Å². The Kier molecular flexibility index (Phi) is 5.81. The molecule has 0 radical (unpaired) electrons. The normalized spacial score (nSPS) is 14.7. The summed E-state index contributed by atoms with van der Waals surface area (Å²) in [5, 5.41) is 4.77. The number of carbonyl (C=O) groups excluding carboxylic acids is 1. The fraction of sp³-hybridized carbons (Fsp3) is 0.156. The molecule has 43 heavy (non-hydrogen) atoms. The molecule has 0 atom stereocenters. The highest BCUT2D eigenvalue weighted by Gasteiger charge is 2.27. The third-order valence-corrected chi connectivity index (χ3v) is 7.89. The summed E-state index contributed by atoms with van der Waals surface area (Å²) in [7, 11) is 0. The van der Waals surface area contributed by atoms with Crippen LogP contribution in [0.15, 0.2) is 96.3 Å². The summed E-state index contributed by atoms with van der Waals surface area (Å²) in [4.78, 5) is 41.5. The molecule has 11 heteroatoms. The Morgan fingerprint density at radius 3 is 2.74 bits per heavy atom. The second-order valence-corrected chi connectivity index (χ2v) is 10.5. The summed E-state index contributed by atoms with van der Waals surface area (Å²) in [6, 6.07) is 17.7. The molecule has 1 N–H and O–H groups in total. The number of rotatable bonds is 3. The van der Waals surface area contributed by atoms with Crippen molar-refractivity contribution in [3.8, 4) is 17.1 Å². The Hall–Kier alpha value is -5.71. The highest BCUT2D eigenvalue weighted by molar-refractivity contribution is 5.98. The van der Waals surface area contributed by atoms with Gasteiger partial charge in [0.2, 0.25) is 5.95 Å². The van der Waals surface area contributed by atoms with Crippen LogP contribution in [-0.2, 0) is 11.3 Å². The van der Waals surface area contributed by atoms with Gasteiger partial charge in [-0.2, -0.15) is 4.98 Å². The first kappa shape index (κ1) is 25.0. The second-order valence-electron chi connectivity index (χ2n) is 10.5. The van der Waals surface area contributed by atoms with Crippen molar-refractivity contribution in [2.24, 2.45) is 0 Å². The number of allylic oxidation sites excluding steroid dienone is 2. The first-order valence-electron chi connectivity index (χ1n) is 14.1. The number of ether oxygens (including phenoxy) is 1. The second kappa shape index (κ2) is 9.98. The van der Waals surface area contributed by atoms with Crippen LogP contribution in [-0.4, -0.2) is 47.9 Å². The molecule has 11 nitrogen and oxygen atoms in total. The number of nitrogens with zero attached hydrogens (tertiary/aromatic N) is 7. The van der Waals surface area contributed by atoms with Gasteiger partial charge in [-0.3, -0.25) is 14.6 Å². The van der Waals surface area contributed by atoms with Gasteiger partial charge in [0.05, 0.1) is 23.4 Å². The molecule has 2 bridgehead atoms. The molecule has 2 aromatic carbocycles. The minimum Gasteiger partial charge on any atom is -0.482 e. The first-order chi connectivity index (χ1) is 21.1. The van der Waals surface area contributed by atoms with Gasteiger partial charge in [-0.1, -0.05) is 12.2 Å². The minimum absolute atomic E-state index is 0.0157. The molecule has 4 aromatic heterocycles. The van der Waals surface area contributed by atoms with Crippen LogP contribution in [0.5, 0.6) is 5.75 Å². The van der Waals surface area contributed by atoms with Crippen molar-refractivity contribution < 1.29 is 9.53 Å². The topological polar surface area (TPSA) is 112 Å². The molecule has 212 valence electrons. The van der Waals surface area contributed by atoms with Gasteiger partial charge >= 0.3 is 0 Å². The zero-order valence-electron chi connectivity index (χ0n) is 23.1. The number of amides is 1. The van der Waals surface area contributed by atoms with Crippen molar-refractivity contribution in [1.29, 1.82) is 0 Å². The number of carbonyl (C=O) groups is 1. The number of anilines is 3. The minimum atomic E-state index is -0.191. The smallest absolute Gasteiger partial charge is 0.278 e. The number of hydrogen-bond acceptors (Lipinski definition) is 7. The summed E-state index contributed by atoms with van der Waals surface area (Å²) in [5.41, 5.74) is 4.58. The fourth-order valence-electron chi connectivity index (χ4n) is 5.82. The number of benzene rings is 2. The van der Waals surface area contributed by atoms with Crippen LogP contribution in [0.1, 0.15) is 12.8 Å². The predicted octanol–water partition coefficient (Wildman–Crippen LogP) is 4.74. The molecular weight excluding hydrogens is 544 g/mol. The predicted molar refractivity (Wildman–Crippen MR) is 164 cm³/mol. The van der Waals surface area contributed by atoms with Crippen molar-refractivity contribution in [2.75, 3.05) is 23.4 Å². The van der Waals surface area contributed by atoms with Gasteiger partial charge in [-0.25, -0.2) is 14.3 Å². The summed E-state index contributed by atoms with van der Waals surface area (Å²) in [6.07, 6.45) is 12.8. The van der Waals surface area contributed by atoms with Crippen LogP contribution in [0.2, 0.25) is 0 Å². The molecule has 0 unspecified atom stereocenters. The van der Waals surface area contributed by atoms with Gasteiger partial charge < -0.3 is 19.5 Å². The van der Waals surface area contributed by atoms with Crippen LogP contribution >= 0.6 is 0 Å². The molecule has 0 aliphatic carbocycles. The van der Waals surface area contributed by atoms with E-state index in [1.165, 1.54) is 0 Å². The van der Waals surface area contributed by atoms with E-state index in [1.54, 1.807) is 32.9 Å². The van der Waals surface area contributed by atoms with Gasteiger partial charge in [0.25, 0.3) is 11.5 Å². The van der Waals surface area contributed by atoms with Crippen molar-refractivity contribution in [1.82, 2.24) is 28.9 Å². The molecule has 0 fully saturated rings. The van der Waals surface area contributed by atoms with E-state index in [-0.39, 0.29) is 18.1 Å². The average Bonchev–Trinajstić information content (AvgIpc) is 3.57. The molecule has 1 amide bonds. The Morgan fingerprint density at radius 1 is 0.930 bits per heavy atom. The summed E-state index contributed by atoms with van der Waals surface area (Å²) < 4.78 is 11.3. The Morgan fingerprint density at radius 2 is 1.84 bits per heavy atom. The Balaban J connectivity index is 1.22. The molecule has 6 heterocycles. The third-order valence-electron chi connectivity index (χ3n) is 7.89. The molecule has 0 saturated heterocycles. The summed E-state index contributed by atoms with van der Waals surface area (Å²) in [5.74, 6) is 0.926. The van der Waals surface area contributed by atoms with E-state index in [1.807, 2.05) is 66.9 Å². The first-order valence-corrected chi connectivity index (χ1v) is 14.1. The van der Waals surface area contributed by atoms with Gasteiger partial charge in [0.15, 0.2) is 12.3 Å². The van der Waals surface area contributed by atoms with E-state index in [9.17, 15) is 9.59 Å². The van der Waals surface area contributed by atoms with E-state index < -0.39 is 0 Å². The number of pyridine rings is 1. The maximum atomic E-state index is 13.6. The zero-order chi connectivity index (χ0) is 28.9. The Bertz CT molecular complexity index is 2130. The quantitative estimate of drug-likeness (QED) is 0.306. The van der Waals surface area contributed by atoms with Crippen LogP contribution in [0.4, 0.5) is 17.3 Å². The highest BCUT2D eigenvalue weighted by atomic mass is 16.5. The van der Waals surface area contributed by atoms with Gasteiger partial charge in [0.1, 0.15) is 11.1 Å². The van der Waals surface area contributed by atoms with Crippen LogP contribution in [0.25, 0.3) is 33.3 Å². The number of hydrogen-bond donors (Lipinski definition) is 1. The van der Waals surface area contributed by atoms with Crippen molar-refractivity contribution in [3.05, 3.63) is 102 Å². The largest absolute Gasteiger partial charge is 0.482 e. The molecule has 2 aliphatic heterocycles. The van der Waals surface area contributed by atoms with Crippen molar-refractivity contribution >= 4 is 45.2 Å². The highest BCUT2D eigenvalue weighted by Crippen LogP contribution is 2.35. The lowest BCUT2D eigenvalue weighted by molar-refractivity contribution is -0.121. The average molecular weight is 571 g/mol. The lowest BCUT2D eigenvalue weighted by Gasteiger charge is -2.30. The van der Waals surface area contributed by atoms with E-state index in [4.69, 9.17) is 9.72 Å². The van der Waals surface area contributed by atoms with Crippen LogP contribution in [0, 0.1) is 0 Å². The third kappa shape index (κ3) is 4.24. The molecular formula is C32H26N8O3. The molecule has 6 aromatic rings. The van der Waals surface area contributed by atoms with Gasteiger partial charge in [-0.05, 0) is 67.4 Å². The van der Waals surface area contributed by atoms with Crippen LogP contribution in [0.3, 0.4) is 0 Å². The number of fused-ring (bicyclic) bond motifs is 6. The molecule has 0 saturated carbocycles. The summed E-state index contributed by atoms with van der Waals surface area (Å²) in [6.45, 7) is 0.982. The molecule has 8 rings (SSSR count). The number of aromatic nitrogens is 6. The maximum Gasteiger partial charge on any atom is 0.278 e. The van der Waals surface area contributed by atoms with E-state index in [0.717, 1.165) is 35.1 Å². The SMILES string of the molecule is O=C1COc2ccc3cc2N1CCCC=CCn1c(=O)c2cnc(Nc4ccc5c(ccn5-c5ccncc5)c4)nc2n1-3. The van der Waals surface area contributed by atoms with Crippen LogP contribution < -0.4 is 20.5 Å². The molecule has 0 spiro atoms. The molecule has 2 aliphatic rings. The maximum absolute atomic E-state index is 13.6.